The summed E-state index contributed by atoms with van der Waals surface area (Å²) in [5, 5.41) is 13.7. The van der Waals surface area contributed by atoms with Gasteiger partial charge in [0.05, 0.1) is 10.6 Å². The molecule has 0 fully saturated rings. The number of carbonyl (C=O) groups excluding carboxylic acids is 1. The lowest BCUT2D eigenvalue weighted by atomic mass is 10.2. The molecule has 0 spiro atoms. The number of anilines is 1. The van der Waals surface area contributed by atoms with E-state index in [2.05, 4.69) is 10.2 Å². The van der Waals surface area contributed by atoms with Crippen LogP contribution in [0.15, 0.2) is 34.6 Å². The zero-order valence-electron chi connectivity index (χ0n) is 13.0. The van der Waals surface area contributed by atoms with Gasteiger partial charge in [-0.2, -0.15) is 0 Å². The topological polar surface area (TPSA) is 111 Å². The lowest BCUT2D eigenvalue weighted by molar-refractivity contribution is -0.116. The molecule has 0 unspecified atom stereocenters. The van der Waals surface area contributed by atoms with E-state index < -0.39 is 10.0 Å². The van der Waals surface area contributed by atoms with Crippen molar-refractivity contribution in [3.8, 4) is 0 Å². The molecule has 2 heterocycles. The second-order valence-corrected chi connectivity index (χ2v) is 7.82. The first-order chi connectivity index (χ1) is 11.4. The highest BCUT2D eigenvalue weighted by Gasteiger charge is 2.26. The minimum Gasteiger partial charge on any atom is -0.311 e. The Kier molecular flexibility index (Phi) is 4.61. The van der Waals surface area contributed by atoms with Crippen molar-refractivity contribution in [2.24, 2.45) is 5.14 Å². The first-order valence-electron chi connectivity index (χ1n) is 7.37. The van der Waals surface area contributed by atoms with Crippen molar-refractivity contribution in [1.82, 2.24) is 14.8 Å². The molecule has 1 aromatic carbocycles. The number of fused-ring (bicyclic) bond motifs is 1. The van der Waals surface area contributed by atoms with Gasteiger partial charge in [-0.1, -0.05) is 11.8 Å². The highest BCUT2D eigenvalue weighted by atomic mass is 32.2. The van der Waals surface area contributed by atoms with E-state index in [-0.39, 0.29) is 16.6 Å². The molecule has 2 N–H and O–H groups in total. The first kappa shape index (κ1) is 16.9. The average molecular weight is 367 g/mol. The summed E-state index contributed by atoms with van der Waals surface area (Å²) in [4.78, 5) is 14.2. The molecular weight excluding hydrogens is 350 g/mol. The predicted octanol–water partition coefficient (Wildman–Crippen LogP) is 0.627. The van der Waals surface area contributed by atoms with Gasteiger partial charge in [0, 0.05) is 18.8 Å². The summed E-state index contributed by atoms with van der Waals surface area (Å²) in [5.74, 6) is 0.197. The van der Waals surface area contributed by atoms with E-state index in [1.807, 2.05) is 11.5 Å². The zero-order chi connectivity index (χ0) is 17.3. The van der Waals surface area contributed by atoms with Gasteiger partial charge in [-0.3, -0.25) is 4.79 Å². The van der Waals surface area contributed by atoms with Gasteiger partial charge in [-0.15, -0.1) is 10.2 Å². The van der Waals surface area contributed by atoms with Crippen molar-refractivity contribution in [1.29, 1.82) is 0 Å². The monoisotopic (exact) mass is 367 g/mol. The summed E-state index contributed by atoms with van der Waals surface area (Å²) in [6.07, 6.45) is 2.24. The Morgan fingerprint density at radius 1 is 1.42 bits per heavy atom. The Morgan fingerprint density at radius 3 is 2.92 bits per heavy atom. The summed E-state index contributed by atoms with van der Waals surface area (Å²) in [6, 6.07) is 4.61. The van der Waals surface area contributed by atoms with Crippen LogP contribution in [0.3, 0.4) is 0 Å². The van der Waals surface area contributed by atoms with Gasteiger partial charge in [0.2, 0.25) is 15.9 Å². The standard InChI is InChI=1S/C14H17N5O3S2/c1-2-18-9-16-17-14(18)23-8-13(20)19-6-5-10-7-11(24(15,21)22)3-4-12(10)19/h3-4,7,9H,2,5-6,8H2,1H3,(H2,15,21,22). The molecule has 0 bridgehead atoms. The van der Waals surface area contributed by atoms with Crippen LogP contribution in [0.2, 0.25) is 0 Å². The summed E-state index contributed by atoms with van der Waals surface area (Å²) in [5.41, 5.74) is 1.56. The number of aromatic nitrogens is 3. The molecular formula is C14H17N5O3S2. The molecule has 1 aromatic heterocycles. The number of nitrogens with zero attached hydrogens (tertiary/aromatic N) is 4. The normalized spacial score (nSPS) is 14.0. The van der Waals surface area contributed by atoms with Gasteiger partial charge in [0.15, 0.2) is 5.16 Å². The van der Waals surface area contributed by atoms with E-state index in [0.29, 0.717) is 18.1 Å². The van der Waals surface area contributed by atoms with E-state index >= 15 is 0 Å². The fourth-order valence-electron chi connectivity index (χ4n) is 2.59. The maximum atomic E-state index is 12.5. The van der Waals surface area contributed by atoms with Crippen LogP contribution in [0, 0.1) is 0 Å². The fourth-order valence-corrected chi connectivity index (χ4v) is 4.01. The molecule has 1 amide bonds. The fraction of sp³-hybridized carbons (Fsp3) is 0.357. The quantitative estimate of drug-likeness (QED) is 0.776. The van der Waals surface area contributed by atoms with Gasteiger partial charge in [-0.05, 0) is 37.1 Å². The molecule has 1 aliphatic rings. The van der Waals surface area contributed by atoms with Crippen LogP contribution in [0.25, 0.3) is 0 Å². The Balaban J connectivity index is 1.73. The highest BCUT2D eigenvalue weighted by Crippen LogP contribution is 2.30. The van der Waals surface area contributed by atoms with Crippen LogP contribution in [-0.4, -0.2) is 41.4 Å². The number of nitrogens with two attached hydrogens (primary N) is 1. The van der Waals surface area contributed by atoms with E-state index in [1.165, 1.54) is 17.8 Å². The molecule has 128 valence electrons. The van der Waals surface area contributed by atoms with E-state index in [9.17, 15) is 13.2 Å². The SMILES string of the molecule is CCn1cnnc1SCC(=O)N1CCc2cc(S(N)(=O)=O)ccc21. The minimum atomic E-state index is -3.74. The number of amides is 1. The van der Waals surface area contributed by atoms with Crippen molar-refractivity contribution < 1.29 is 13.2 Å². The maximum Gasteiger partial charge on any atom is 0.238 e. The smallest absolute Gasteiger partial charge is 0.238 e. The molecule has 0 saturated heterocycles. The zero-order valence-corrected chi connectivity index (χ0v) is 14.7. The third kappa shape index (κ3) is 3.30. The first-order valence-corrected chi connectivity index (χ1v) is 9.90. The van der Waals surface area contributed by atoms with E-state index in [4.69, 9.17) is 5.14 Å². The molecule has 10 heteroatoms. The van der Waals surface area contributed by atoms with Gasteiger partial charge in [-0.25, -0.2) is 13.6 Å². The number of thioether (sulfide) groups is 1. The van der Waals surface area contributed by atoms with E-state index in [1.54, 1.807) is 23.4 Å². The molecule has 0 radical (unpaired) electrons. The number of sulfonamides is 1. The average Bonchev–Trinajstić information content (AvgIpc) is 3.17. The van der Waals surface area contributed by atoms with Gasteiger partial charge in [0.1, 0.15) is 6.33 Å². The number of hydrogen-bond donors (Lipinski definition) is 1. The van der Waals surface area contributed by atoms with Crippen LogP contribution in [0.4, 0.5) is 5.69 Å². The minimum absolute atomic E-state index is 0.0484. The van der Waals surface area contributed by atoms with Crippen molar-refractivity contribution >= 4 is 33.4 Å². The molecule has 0 saturated carbocycles. The Hall–Kier alpha value is -1.91. The van der Waals surface area contributed by atoms with Gasteiger partial charge < -0.3 is 9.47 Å². The van der Waals surface area contributed by atoms with E-state index in [0.717, 1.165) is 17.8 Å². The predicted molar refractivity (Wildman–Crippen MR) is 90.3 cm³/mol. The van der Waals surface area contributed by atoms with Crippen molar-refractivity contribution in [2.45, 2.75) is 29.9 Å². The maximum absolute atomic E-state index is 12.5. The van der Waals surface area contributed by atoms with Gasteiger partial charge in [0.25, 0.3) is 0 Å². The number of aryl methyl sites for hydroxylation is 1. The summed E-state index contributed by atoms with van der Waals surface area (Å²) < 4.78 is 24.7. The Labute approximate surface area is 144 Å². The highest BCUT2D eigenvalue weighted by molar-refractivity contribution is 7.99. The second kappa shape index (κ2) is 6.54. The van der Waals surface area contributed by atoms with Crippen LogP contribution < -0.4 is 10.0 Å². The van der Waals surface area contributed by atoms with Crippen LogP contribution >= 0.6 is 11.8 Å². The largest absolute Gasteiger partial charge is 0.311 e. The molecule has 24 heavy (non-hydrogen) atoms. The van der Waals surface area contributed by atoms with Crippen LogP contribution in [0.1, 0.15) is 12.5 Å². The third-order valence-corrected chi connectivity index (χ3v) is 5.70. The number of hydrogen-bond acceptors (Lipinski definition) is 6. The Morgan fingerprint density at radius 2 is 2.21 bits per heavy atom. The van der Waals surface area contributed by atoms with Crippen LogP contribution in [0.5, 0.6) is 0 Å². The summed E-state index contributed by atoms with van der Waals surface area (Å²) in [6.45, 7) is 3.25. The number of rotatable bonds is 5. The summed E-state index contributed by atoms with van der Waals surface area (Å²) >= 11 is 1.34. The number of benzene rings is 1. The molecule has 8 nitrogen and oxygen atoms in total. The second-order valence-electron chi connectivity index (χ2n) is 5.32. The number of primary sulfonamides is 1. The third-order valence-electron chi connectivity index (χ3n) is 3.82. The van der Waals surface area contributed by atoms with Crippen LogP contribution in [-0.2, 0) is 27.8 Å². The van der Waals surface area contributed by atoms with Crippen molar-refractivity contribution in [3.63, 3.8) is 0 Å². The molecule has 0 aliphatic carbocycles. The molecule has 2 aromatic rings. The van der Waals surface area contributed by atoms with Gasteiger partial charge >= 0.3 is 0 Å². The summed E-state index contributed by atoms with van der Waals surface area (Å²) in [7, 11) is -3.74. The van der Waals surface area contributed by atoms with Crippen molar-refractivity contribution in [3.05, 3.63) is 30.1 Å². The Bertz CT molecular complexity index is 878. The molecule has 0 atom stereocenters. The number of carbonyl (C=O) groups is 1. The molecule has 3 rings (SSSR count). The lowest BCUT2D eigenvalue weighted by Crippen LogP contribution is -2.30. The lowest BCUT2D eigenvalue weighted by Gasteiger charge is -2.17. The van der Waals surface area contributed by atoms with Crippen molar-refractivity contribution in [2.75, 3.05) is 17.2 Å². The molecule has 1 aliphatic heterocycles.